The molecule has 0 radical (unpaired) electrons. The predicted octanol–water partition coefficient (Wildman–Crippen LogP) is 3.33. The first-order valence-electron chi connectivity index (χ1n) is 11.9. The van der Waals surface area contributed by atoms with Crippen LogP contribution in [0.2, 0.25) is 0 Å². The molecule has 0 spiro atoms. The molecule has 0 unspecified atom stereocenters. The molecule has 6 nitrogen and oxygen atoms in total. The standard InChI is InChI=1S/C26H30FN3O3/c27-19-8-10-20(11-9-19)33-18-26-16-22(26)21-6-2-3-7-23(21)30(25(26)32)17-24(31)28-12-15-29-13-4-1-5-14-29/h2-3,6-11,22H,1,4-5,12-18H2,(H,28,31)/t22-,26+/m0/s1. The van der Waals surface area contributed by atoms with Gasteiger partial charge < -0.3 is 19.9 Å². The predicted molar refractivity (Wildman–Crippen MR) is 124 cm³/mol. The summed E-state index contributed by atoms with van der Waals surface area (Å²) in [6.45, 7) is 3.82. The maximum atomic E-state index is 13.6. The number of anilines is 1. The summed E-state index contributed by atoms with van der Waals surface area (Å²) >= 11 is 0. The van der Waals surface area contributed by atoms with E-state index in [2.05, 4.69) is 10.2 Å². The number of likely N-dealkylation sites (tertiary alicyclic amines) is 1. The van der Waals surface area contributed by atoms with Gasteiger partial charge in [-0.05, 0) is 68.2 Å². The Morgan fingerprint density at radius 1 is 1.09 bits per heavy atom. The van der Waals surface area contributed by atoms with E-state index in [1.54, 1.807) is 17.0 Å². The van der Waals surface area contributed by atoms with E-state index >= 15 is 0 Å². The lowest BCUT2D eigenvalue weighted by atomic mass is 9.92. The number of benzene rings is 2. The van der Waals surface area contributed by atoms with Crippen LogP contribution in [0.25, 0.3) is 0 Å². The van der Waals surface area contributed by atoms with Gasteiger partial charge in [0.05, 0.1) is 5.41 Å². The fourth-order valence-electron chi connectivity index (χ4n) is 5.21. The number of amides is 2. The number of nitrogens with zero attached hydrogens (tertiary/aromatic N) is 2. The molecule has 2 fully saturated rings. The van der Waals surface area contributed by atoms with Crippen molar-refractivity contribution in [2.45, 2.75) is 31.6 Å². The van der Waals surface area contributed by atoms with Gasteiger partial charge in [0, 0.05) is 24.7 Å². The summed E-state index contributed by atoms with van der Waals surface area (Å²) in [5.41, 5.74) is 1.23. The Hall–Kier alpha value is -2.93. The van der Waals surface area contributed by atoms with Crippen LogP contribution in [0.15, 0.2) is 48.5 Å². The minimum absolute atomic E-state index is 0.000858. The first-order valence-corrected chi connectivity index (χ1v) is 11.9. The van der Waals surface area contributed by atoms with Crippen LogP contribution in [-0.4, -0.2) is 56.0 Å². The molecule has 0 bridgehead atoms. The van der Waals surface area contributed by atoms with Crippen LogP contribution in [0.1, 0.15) is 37.2 Å². The fraction of sp³-hybridized carbons (Fsp3) is 0.462. The van der Waals surface area contributed by atoms with Gasteiger partial charge >= 0.3 is 0 Å². The molecule has 1 N–H and O–H groups in total. The second kappa shape index (κ2) is 9.14. The molecule has 1 saturated carbocycles. The zero-order chi connectivity index (χ0) is 22.8. The van der Waals surface area contributed by atoms with Crippen molar-refractivity contribution in [1.29, 1.82) is 0 Å². The monoisotopic (exact) mass is 451 g/mol. The van der Waals surface area contributed by atoms with Crippen LogP contribution in [0, 0.1) is 11.2 Å². The highest BCUT2D eigenvalue weighted by molar-refractivity contribution is 6.07. The molecule has 7 heteroatoms. The molecule has 174 valence electrons. The van der Waals surface area contributed by atoms with Gasteiger partial charge in [-0.15, -0.1) is 0 Å². The molecule has 0 aromatic heterocycles. The van der Waals surface area contributed by atoms with E-state index in [0.717, 1.165) is 30.9 Å². The average molecular weight is 452 g/mol. The lowest BCUT2D eigenvalue weighted by Crippen LogP contribution is -2.49. The van der Waals surface area contributed by atoms with Crippen molar-refractivity contribution >= 4 is 17.5 Å². The van der Waals surface area contributed by atoms with E-state index < -0.39 is 5.41 Å². The van der Waals surface area contributed by atoms with Crippen LogP contribution in [0.5, 0.6) is 5.75 Å². The van der Waals surface area contributed by atoms with Crippen molar-refractivity contribution in [2.75, 3.05) is 44.2 Å². The molecule has 2 amide bonds. The maximum absolute atomic E-state index is 13.6. The Labute approximate surface area is 193 Å². The van der Waals surface area contributed by atoms with Crippen LogP contribution in [0.3, 0.4) is 0 Å². The Kier molecular flexibility index (Phi) is 6.06. The highest BCUT2D eigenvalue weighted by atomic mass is 19.1. The molecule has 2 aromatic rings. The summed E-state index contributed by atoms with van der Waals surface area (Å²) in [6, 6.07) is 13.6. The van der Waals surface area contributed by atoms with E-state index in [1.165, 1.54) is 31.4 Å². The molecule has 1 saturated heterocycles. The first kappa shape index (κ1) is 21.9. The second-order valence-electron chi connectivity index (χ2n) is 9.36. The zero-order valence-corrected chi connectivity index (χ0v) is 18.8. The molecular formula is C26H30FN3O3. The van der Waals surface area contributed by atoms with Crippen molar-refractivity contribution in [3.05, 3.63) is 59.9 Å². The highest BCUT2D eigenvalue weighted by Crippen LogP contribution is 2.65. The van der Waals surface area contributed by atoms with Crippen molar-refractivity contribution in [3.8, 4) is 5.75 Å². The SMILES string of the molecule is O=C(CN1C(=O)[C@@]2(COc3ccc(F)cc3)C[C@H]2c2ccccc21)NCCN1CCCCC1. The van der Waals surface area contributed by atoms with Crippen LogP contribution in [-0.2, 0) is 9.59 Å². The van der Waals surface area contributed by atoms with Crippen LogP contribution in [0.4, 0.5) is 10.1 Å². The van der Waals surface area contributed by atoms with Crippen LogP contribution < -0.4 is 15.0 Å². The average Bonchev–Trinajstić information content (AvgIpc) is 3.59. The van der Waals surface area contributed by atoms with Gasteiger partial charge in [0.1, 0.15) is 24.7 Å². The minimum atomic E-state index is -0.670. The number of nitrogens with one attached hydrogen (secondary N) is 1. The number of fused-ring (bicyclic) bond motifs is 3. The van der Waals surface area contributed by atoms with Crippen molar-refractivity contribution in [1.82, 2.24) is 10.2 Å². The molecule has 1 aliphatic carbocycles. The first-order chi connectivity index (χ1) is 16.1. The van der Waals surface area contributed by atoms with Gasteiger partial charge in [-0.3, -0.25) is 9.59 Å². The van der Waals surface area contributed by atoms with Crippen molar-refractivity contribution in [3.63, 3.8) is 0 Å². The number of hydrogen-bond donors (Lipinski definition) is 1. The number of halogens is 1. The summed E-state index contributed by atoms with van der Waals surface area (Å²) in [7, 11) is 0. The van der Waals surface area contributed by atoms with E-state index in [9.17, 15) is 14.0 Å². The van der Waals surface area contributed by atoms with Crippen LogP contribution >= 0.6 is 0 Å². The largest absolute Gasteiger partial charge is 0.492 e. The Balaban J connectivity index is 1.25. The van der Waals surface area contributed by atoms with E-state index in [4.69, 9.17) is 4.74 Å². The molecule has 2 aromatic carbocycles. The lowest BCUT2D eigenvalue weighted by molar-refractivity contribution is -0.128. The summed E-state index contributed by atoms with van der Waals surface area (Å²) in [5.74, 6) is 0.0680. The lowest BCUT2D eigenvalue weighted by Gasteiger charge is -2.33. The highest BCUT2D eigenvalue weighted by Gasteiger charge is 2.66. The van der Waals surface area contributed by atoms with E-state index in [1.807, 2.05) is 24.3 Å². The molecule has 3 aliphatic rings. The number of hydrogen-bond acceptors (Lipinski definition) is 4. The normalized spacial score (nSPS) is 24.1. The van der Waals surface area contributed by atoms with Gasteiger partial charge in [0.15, 0.2) is 0 Å². The molecule has 2 atom stereocenters. The Bertz CT molecular complexity index is 1020. The second-order valence-corrected chi connectivity index (χ2v) is 9.36. The van der Waals surface area contributed by atoms with Crippen molar-refractivity contribution in [2.24, 2.45) is 5.41 Å². The maximum Gasteiger partial charge on any atom is 0.240 e. The topological polar surface area (TPSA) is 61.9 Å². The third kappa shape index (κ3) is 4.47. The van der Waals surface area contributed by atoms with Gasteiger partial charge in [-0.25, -0.2) is 4.39 Å². The number of para-hydroxylation sites is 1. The van der Waals surface area contributed by atoms with Crippen molar-refractivity contribution < 1.29 is 18.7 Å². The number of carbonyl (C=O) groups is 2. The van der Waals surface area contributed by atoms with Gasteiger partial charge in [0.2, 0.25) is 11.8 Å². The quantitative estimate of drug-likeness (QED) is 0.669. The molecule has 2 aliphatic heterocycles. The Morgan fingerprint density at radius 2 is 1.85 bits per heavy atom. The van der Waals surface area contributed by atoms with Gasteiger partial charge in [-0.2, -0.15) is 0 Å². The third-order valence-corrected chi connectivity index (χ3v) is 7.16. The summed E-state index contributed by atoms with van der Waals surface area (Å²) in [4.78, 5) is 30.3. The summed E-state index contributed by atoms with van der Waals surface area (Å²) in [5, 5.41) is 2.99. The molecule has 33 heavy (non-hydrogen) atoms. The Morgan fingerprint density at radius 3 is 2.64 bits per heavy atom. The molecular weight excluding hydrogens is 421 g/mol. The fourth-order valence-corrected chi connectivity index (χ4v) is 5.21. The summed E-state index contributed by atoms with van der Waals surface area (Å²) in [6.07, 6.45) is 4.41. The smallest absolute Gasteiger partial charge is 0.240 e. The number of carbonyl (C=O) groups excluding carboxylic acids is 2. The minimum Gasteiger partial charge on any atom is -0.492 e. The number of rotatable bonds is 8. The third-order valence-electron chi connectivity index (χ3n) is 7.16. The number of piperidine rings is 1. The van der Waals surface area contributed by atoms with E-state index in [-0.39, 0.29) is 36.7 Å². The summed E-state index contributed by atoms with van der Waals surface area (Å²) < 4.78 is 19.1. The van der Waals surface area contributed by atoms with Gasteiger partial charge in [0.25, 0.3) is 0 Å². The molecule has 2 heterocycles. The van der Waals surface area contributed by atoms with E-state index in [0.29, 0.717) is 18.7 Å². The zero-order valence-electron chi connectivity index (χ0n) is 18.8. The number of ether oxygens (including phenoxy) is 1. The molecule has 5 rings (SSSR count). The van der Waals surface area contributed by atoms with Gasteiger partial charge in [-0.1, -0.05) is 24.6 Å².